The lowest BCUT2D eigenvalue weighted by atomic mass is 10.0. The number of hydrogen-bond acceptors (Lipinski definition) is 3. The lowest BCUT2D eigenvalue weighted by molar-refractivity contribution is -0.139. The molecule has 1 N–H and O–H groups in total. The van der Waals surface area contributed by atoms with Crippen LogP contribution >= 0.6 is 50.9 Å². The summed E-state index contributed by atoms with van der Waals surface area (Å²) in [4.78, 5) is 29.2. The zero-order chi connectivity index (χ0) is 26.9. The van der Waals surface area contributed by atoms with Crippen molar-refractivity contribution in [1.29, 1.82) is 0 Å². The number of carbonyl (C=O) groups excluding carboxylic acids is 2. The zero-order valence-electron chi connectivity index (χ0n) is 21.0. The normalized spacial score (nSPS) is 14.3. The summed E-state index contributed by atoms with van der Waals surface area (Å²) >= 11 is 17.5. The Morgan fingerprint density at radius 3 is 2.29 bits per heavy atom. The Kier molecular flexibility index (Phi) is 11.0. The molecule has 0 radical (unpaired) electrons. The summed E-state index contributed by atoms with van der Waals surface area (Å²) in [6, 6.07) is 22.8. The van der Waals surface area contributed by atoms with E-state index in [1.807, 2.05) is 60.7 Å². The van der Waals surface area contributed by atoms with Crippen LogP contribution in [-0.2, 0) is 28.3 Å². The molecule has 8 heteroatoms. The smallest absolute Gasteiger partial charge is 0.243 e. The molecule has 3 aromatic carbocycles. The number of rotatable bonds is 11. The minimum atomic E-state index is -0.645. The van der Waals surface area contributed by atoms with E-state index in [0.29, 0.717) is 22.2 Å². The molecule has 0 heterocycles. The maximum Gasteiger partial charge on any atom is 0.243 e. The molecule has 38 heavy (non-hydrogen) atoms. The van der Waals surface area contributed by atoms with E-state index < -0.39 is 6.04 Å². The van der Waals surface area contributed by atoms with Crippen molar-refractivity contribution in [2.45, 2.75) is 56.5 Å². The largest absolute Gasteiger partial charge is 0.352 e. The molecule has 1 aliphatic carbocycles. The van der Waals surface area contributed by atoms with Gasteiger partial charge in [-0.2, -0.15) is 0 Å². The van der Waals surface area contributed by atoms with Crippen molar-refractivity contribution in [3.8, 4) is 0 Å². The Morgan fingerprint density at radius 1 is 0.921 bits per heavy atom. The van der Waals surface area contributed by atoms with Gasteiger partial charge >= 0.3 is 0 Å². The standard InChI is InChI=1S/C30H31BrCl2N2O2S/c31-24-13-10-22(11-14-24)19-38-20-29(36)35(18-23-12-15-26(32)27(33)16-23)28(17-21-6-2-1-3-7-21)30(37)34-25-8-4-5-9-25/h1-3,6-7,10-16,25,28H,4-5,8-9,17-20H2,(H,34,37)/t28-/m1/s1. The predicted octanol–water partition coefficient (Wildman–Crippen LogP) is 7.69. The van der Waals surface area contributed by atoms with Crippen LogP contribution in [0.5, 0.6) is 0 Å². The van der Waals surface area contributed by atoms with Gasteiger partial charge in [0, 0.05) is 29.2 Å². The molecule has 2 amide bonds. The van der Waals surface area contributed by atoms with Crippen LogP contribution in [-0.4, -0.2) is 34.6 Å². The van der Waals surface area contributed by atoms with Gasteiger partial charge in [0.1, 0.15) is 6.04 Å². The fourth-order valence-electron chi connectivity index (χ4n) is 4.68. The molecule has 1 atom stereocenters. The second-order valence-electron chi connectivity index (χ2n) is 9.58. The van der Waals surface area contributed by atoms with Gasteiger partial charge in [0.25, 0.3) is 0 Å². The van der Waals surface area contributed by atoms with Gasteiger partial charge < -0.3 is 10.2 Å². The Hall–Kier alpha value is -1.99. The summed E-state index contributed by atoms with van der Waals surface area (Å²) in [6.07, 6.45) is 4.63. The van der Waals surface area contributed by atoms with Crippen LogP contribution in [0.1, 0.15) is 42.4 Å². The summed E-state index contributed by atoms with van der Waals surface area (Å²) in [5, 5.41) is 4.12. The fourth-order valence-corrected chi connectivity index (χ4v) is 6.13. The topological polar surface area (TPSA) is 49.4 Å². The highest BCUT2D eigenvalue weighted by molar-refractivity contribution is 9.10. The number of nitrogens with one attached hydrogen (secondary N) is 1. The molecule has 4 rings (SSSR count). The summed E-state index contributed by atoms with van der Waals surface area (Å²) in [6.45, 7) is 0.268. The molecule has 4 nitrogen and oxygen atoms in total. The van der Waals surface area contributed by atoms with Crippen molar-refractivity contribution in [1.82, 2.24) is 10.2 Å². The first-order chi connectivity index (χ1) is 18.4. The summed E-state index contributed by atoms with van der Waals surface area (Å²) in [7, 11) is 0. The Balaban J connectivity index is 1.57. The quantitative estimate of drug-likeness (QED) is 0.236. The molecule has 1 aliphatic rings. The molecule has 3 aromatic rings. The number of thioether (sulfide) groups is 1. The number of nitrogens with zero attached hydrogens (tertiary/aromatic N) is 1. The molecular formula is C30H31BrCl2N2O2S. The van der Waals surface area contributed by atoms with E-state index in [9.17, 15) is 9.59 Å². The molecule has 0 aliphatic heterocycles. The van der Waals surface area contributed by atoms with Crippen LogP contribution in [0.15, 0.2) is 77.3 Å². The highest BCUT2D eigenvalue weighted by Crippen LogP contribution is 2.26. The van der Waals surface area contributed by atoms with Gasteiger partial charge in [0.2, 0.25) is 11.8 Å². The molecule has 0 bridgehead atoms. The average molecular weight is 634 g/mol. The third-order valence-electron chi connectivity index (χ3n) is 6.72. The van der Waals surface area contributed by atoms with E-state index in [0.717, 1.165) is 46.8 Å². The van der Waals surface area contributed by atoms with E-state index in [4.69, 9.17) is 23.2 Å². The summed E-state index contributed by atoms with van der Waals surface area (Å²) in [5.74, 6) is 0.782. The molecule has 0 aromatic heterocycles. The molecule has 0 spiro atoms. The van der Waals surface area contributed by atoms with Crippen molar-refractivity contribution in [2.24, 2.45) is 0 Å². The number of halogens is 3. The van der Waals surface area contributed by atoms with Crippen LogP contribution in [0.4, 0.5) is 0 Å². The predicted molar refractivity (Wildman–Crippen MR) is 162 cm³/mol. The van der Waals surface area contributed by atoms with Crippen molar-refractivity contribution in [2.75, 3.05) is 5.75 Å². The van der Waals surface area contributed by atoms with Crippen molar-refractivity contribution in [3.63, 3.8) is 0 Å². The highest BCUT2D eigenvalue weighted by Gasteiger charge is 2.32. The van der Waals surface area contributed by atoms with Gasteiger partial charge in [-0.05, 0) is 53.8 Å². The van der Waals surface area contributed by atoms with Crippen LogP contribution in [0.2, 0.25) is 10.0 Å². The van der Waals surface area contributed by atoms with Gasteiger partial charge in [0.05, 0.1) is 15.8 Å². The molecule has 1 saturated carbocycles. The highest BCUT2D eigenvalue weighted by atomic mass is 79.9. The van der Waals surface area contributed by atoms with Crippen LogP contribution < -0.4 is 5.32 Å². The monoisotopic (exact) mass is 632 g/mol. The minimum Gasteiger partial charge on any atom is -0.352 e. The van der Waals surface area contributed by atoms with Crippen molar-refractivity contribution < 1.29 is 9.59 Å². The van der Waals surface area contributed by atoms with Crippen molar-refractivity contribution >= 4 is 62.7 Å². The van der Waals surface area contributed by atoms with E-state index >= 15 is 0 Å². The first-order valence-electron chi connectivity index (χ1n) is 12.8. The first-order valence-corrected chi connectivity index (χ1v) is 15.5. The van der Waals surface area contributed by atoms with E-state index in [2.05, 4.69) is 21.2 Å². The van der Waals surface area contributed by atoms with Crippen LogP contribution in [0.25, 0.3) is 0 Å². The van der Waals surface area contributed by atoms with Gasteiger partial charge in [-0.15, -0.1) is 11.8 Å². The second kappa shape index (κ2) is 14.4. The molecular weight excluding hydrogens is 603 g/mol. The van der Waals surface area contributed by atoms with Gasteiger partial charge in [0.15, 0.2) is 0 Å². The fraction of sp³-hybridized carbons (Fsp3) is 0.333. The molecule has 0 saturated heterocycles. The number of carbonyl (C=O) groups is 2. The second-order valence-corrected chi connectivity index (χ2v) is 12.3. The van der Waals surface area contributed by atoms with E-state index in [1.165, 1.54) is 0 Å². The maximum absolute atomic E-state index is 13.8. The summed E-state index contributed by atoms with van der Waals surface area (Å²) in [5.41, 5.74) is 2.98. The molecule has 200 valence electrons. The lowest BCUT2D eigenvalue weighted by Gasteiger charge is -2.32. The SMILES string of the molecule is O=C(NC1CCCC1)[C@@H](Cc1ccccc1)N(Cc1ccc(Cl)c(Cl)c1)C(=O)CSCc1ccc(Br)cc1. The molecule has 1 fully saturated rings. The summed E-state index contributed by atoms with van der Waals surface area (Å²) < 4.78 is 1.02. The van der Waals surface area contributed by atoms with Crippen LogP contribution in [0.3, 0.4) is 0 Å². The third-order valence-corrected chi connectivity index (χ3v) is 8.97. The minimum absolute atomic E-state index is 0.0827. The number of hydrogen-bond donors (Lipinski definition) is 1. The lowest BCUT2D eigenvalue weighted by Crippen LogP contribution is -2.52. The Labute approximate surface area is 247 Å². The third kappa shape index (κ3) is 8.51. The van der Waals surface area contributed by atoms with Crippen LogP contribution in [0, 0.1) is 0 Å². The first kappa shape index (κ1) is 29.0. The Bertz CT molecular complexity index is 1220. The van der Waals surface area contributed by atoms with Crippen molar-refractivity contribution in [3.05, 3.63) is 104 Å². The Morgan fingerprint density at radius 2 is 1.61 bits per heavy atom. The number of benzene rings is 3. The average Bonchev–Trinajstić information content (AvgIpc) is 3.43. The molecule has 0 unspecified atom stereocenters. The van der Waals surface area contributed by atoms with Gasteiger partial charge in [-0.3, -0.25) is 9.59 Å². The van der Waals surface area contributed by atoms with E-state index in [1.54, 1.807) is 28.8 Å². The van der Waals surface area contributed by atoms with Gasteiger partial charge in [-0.25, -0.2) is 0 Å². The number of amides is 2. The zero-order valence-corrected chi connectivity index (χ0v) is 25.0. The van der Waals surface area contributed by atoms with E-state index in [-0.39, 0.29) is 30.2 Å². The maximum atomic E-state index is 13.8. The van der Waals surface area contributed by atoms with Gasteiger partial charge in [-0.1, -0.05) is 101 Å².